The van der Waals surface area contributed by atoms with Gasteiger partial charge in [-0.25, -0.2) is 4.79 Å². The van der Waals surface area contributed by atoms with E-state index in [1.165, 1.54) is 4.90 Å². The van der Waals surface area contributed by atoms with Crippen LogP contribution in [0.2, 0.25) is 0 Å². The first kappa shape index (κ1) is 17.1. The van der Waals surface area contributed by atoms with Crippen LogP contribution in [-0.4, -0.2) is 46.7 Å². The third-order valence-corrected chi connectivity index (χ3v) is 3.81. The van der Waals surface area contributed by atoms with Crippen LogP contribution >= 0.6 is 0 Å². The lowest BCUT2D eigenvalue weighted by Gasteiger charge is -2.32. The maximum absolute atomic E-state index is 12.6. The lowest BCUT2D eigenvalue weighted by atomic mass is 10.0. The van der Waals surface area contributed by atoms with Gasteiger partial charge in [0.1, 0.15) is 17.8 Å². The van der Waals surface area contributed by atoms with Crippen LogP contribution in [0.1, 0.15) is 33.3 Å². The number of ether oxygens (including phenoxy) is 1. The van der Waals surface area contributed by atoms with Gasteiger partial charge in [-0.2, -0.15) is 0 Å². The van der Waals surface area contributed by atoms with Crippen molar-refractivity contribution in [1.82, 2.24) is 9.80 Å². The molecule has 1 saturated heterocycles. The average Bonchev–Trinajstić information content (AvgIpc) is 2.70. The summed E-state index contributed by atoms with van der Waals surface area (Å²) in [7, 11) is 1.68. The van der Waals surface area contributed by atoms with Crippen molar-refractivity contribution >= 4 is 17.6 Å². The summed E-state index contributed by atoms with van der Waals surface area (Å²) in [6.45, 7) is 11.2. The fourth-order valence-corrected chi connectivity index (χ4v) is 2.71. The lowest BCUT2D eigenvalue weighted by Crippen LogP contribution is -2.46. The van der Waals surface area contributed by atoms with Crippen molar-refractivity contribution < 1.29 is 14.3 Å². The fraction of sp³-hybridized carbons (Fsp3) is 0.444. The SMILES string of the molecule is C=C(c1ccccc1)[C@H]1N(C)C(=O)[C@H](C)N1C(=O)OC(C)(C)C. The largest absolute Gasteiger partial charge is 0.444 e. The van der Waals surface area contributed by atoms with Gasteiger partial charge in [0.15, 0.2) is 0 Å². The van der Waals surface area contributed by atoms with E-state index < -0.39 is 23.9 Å². The van der Waals surface area contributed by atoms with E-state index in [2.05, 4.69) is 6.58 Å². The number of carbonyl (C=O) groups is 2. The number of benzene rings is 1. The minimum Gasteiger partial charge on any atom is -0.444 e. The zero-order chi connectivity index (χ0) is 17.4. The van der Waals surface area contributed by atoms with E-state index in [1.807, 2.05) is 30.3 Å². The summed E-state index contributed by atoms with van der Waals surface area (Å²) in [5, 5.41) is 0. The van der Waals surface area contributed by atoms with Gasteiger partial charge in [-0.3, -0.25) is 9.69 Å². The lowest BCUT2D eigenvalue weighted by molar-refractivity contribution is -0.128. The molecular weight excluding hydrogens is 292 g/mol. The first-order valence-corrected chi connectivity index (χ1v) is 7.65. The molecule has 1 aromatic rings. The molecule has 0 saturated carbocycles. The zero-order valence-electron chi connectivity index (χ0n) is 14.4. The summed E-state index contributed by atoms with van der Waals surface area (Å²) in [6.07, 6.45) is -1.06. The monoisotopic (exact) mass is 316 g/mol. The molecule has 5 nitrogen and oxygen atoms in total. The predicted molar refractivity (Wildman–Crippen MR) is 89.6 cm³/mol. The van der Waals surface area contributed by atoms with Crippen LogP contribution in [0.15, 0.2) is 36.9 Å². The molecule has 0 aliphatic carbocycles. The fourth-order valence-electron chi connectivity index (χ4n) is 2.71. The normalized spacial score (nSPS) is 21.5. The molecule has 0 aromatic heterocycles. The molecule has 2 amide bonds. The van der Waals surface area contributed by atoms with E-state index in [9.17, 15) is 9.59 Å². The van der Waals surface area contributed by atoms with Crippen molar-refractivity contribution in [2.45, 2.75) is 45.5 Å². The topological polar surface area (TPSA) is 49.9 Å². The van der Waals surface area contributed by atoms with Crippen molar-refractivity contribution in [2.75, 3.05) is 7.05 Å². The third-order valence-electron chi connectivity index (χ3n) is 3.81. The van der Waals surface area contributed by atoms with Crippen LogP contribution in [0, 0.1) is 0 Å². The van der Waals surface area contributed by atoms with E-state index in [-0.39, 0.29) is 5.91 Å². The van der Waals surface area contributed by atoms with Gasteiger partial charge in [-0.1, -0.05) is 36.9 Å². The molecule has 0 unspecified atom stereocenters. The smallest absolute Gasteiger partial charge is 0.412 e. The minimum absolute atomic E-state index is 0.127. The van der Waals surface area contributed by atoms with Crippen LogP contribution in [0.5, 0.6) is 0 Å². The minimum atomic E-state index is -0.625. The van der Waals surface area contributed by atoms with Crippen LogP contribution in [0.4, 0.5) is 4.79 Å². The summed E-state index contributed by atoms with van der Waals surface area (Å²) in [4.78, 5) is 28.0. The Morgan fingerprint density at radius 1 is 1.22 bits per heavy atom. The van der Waals surface area contributed by atoms with Gasteiger partial charge >= 0.3 is 6.09 Å². The van der Waals surface area contributed by atoms with Crippen molar-refractivity contribution in [3.63, 3.8) is 0 Å². The molecule has 1 aromatic carbocycles. The van der Waals surface area contributed by atoms with Crippen molar-refractivity contribution in [3.8, 4) is 0 Å². The Kier molecular flexibility index (Phi) is 4.50. The number of hydrogen-bond donors (Lipinski definition) is 0. The van der Waals surface area contributed by atoms with Gasteiger partial charge in [-0.05, 0) is 38.8 Å². The number of amides is 2. The van der Waals surface area contributed by atoms with Crippen molar-refractivity contribution in [3.05, 3.63) is 42.5 Å². The quantitative estimate of drug-likeness (QED) is 0.842. The van der Waals surface area contributed by atoms with Crippen molar-refractivity contribution in [2.24, 2.45) is 0 Å². The van der Waals surface area contributed by atoms with Gasteiger partial charge in [0.2, 0.25) is 5.91 Å². The Bertz CT molecular complexity index is 619. The van der Waals surface area contributed by atoms with Crippen LogP contribution < -0.4 is 0 Å². The average molecular weight is 316 g/mol. The second kappa shape index (κ2) is 6.07. The molecule has 5 heteroatoms. The molecule has 0 N–H and O–H groups in total. The van der Waals surface area contributed by atoms with Crippen LogP contribution in [0.3, 0.4) is 0 Å². The first-order valence-electron chi connectivity index (χ1n) is 7.65. The molecular formula is C18H24N2O3. The Morgan fingerprint density at radius 2 is 1.78 bits per heavy atom. The number of nitrogens with zero attached hydrogens (tertiary/aromatic N) is 2. The summed E-state index contributed by atoms with van der Waals surface area (Å²) >= 11 is 0. The second-order valence-corrected chi connectivity index (χ2v) is 6.78. The molecule has 1 aliphatic rings. The zero-order valence-corrected chi connectivity index (χ0v) is 14.4. The first-order chi connectivity index (χ1) is 10.6. The molecule has 0 radical (unpaired) electrons. The molecule has 0 bridgehead atoms. The summed E-state index contributed by atoms with van der Waals surface area (Å²) in [5.74, 6) is -0.127. The number of hydrogen-bond acceptors (Lipinski definition) is 3. The molecule has 23 heavy (non-hydrogen) atoms. The number of likely N-dealkylation sites (N-methyl/N-ethyl adjacent to an activating group) is 1. The maximum atomic E-state index is 12.6. The van der Waals surface area contributed by atoms with Crippen LogP contribution in [-0.2, 0) is 9.53 Å². The summed E-state index contributed by atoms with van der Waals surface area (Å²) < 4.78 is 5.47. The molecule has 1 fully saturated rings. The second-order valence-electron chi connectivity index (χ2n) is 6.78. The van der Waals surface area contributed by atoms with Gasteiger partial charge in [0, 0.05) is 7.05 Å². The summed E-state index contributed by atoms with van der Waals surface area (Å²) in [6, 6.07) is 8.96. The summed E-state index contributed by atoms with van der Waals surface area (Å²) in [5.41, 5.74) is 0.955. The van der Waals surface area contributed by atoms with Gasteiger partial charge in [0.25, 0.3) is 0 Å². The van der Waals surface area contributed by atoms with Crippen LogP contribution in [0.25, 0.3) is 5.57 Å². The van der Waals surface area contributed by atoms with E-state index in [0.29, 0.717) is 5.57 Å². The van der Waals surface area contributed by atoms with E-state index >= 15 is 0 Å². The van der Waals surface area contributed by atoms with Crippen molar-refractivity contribution in [1.29, 1.82) is 0 Å². The van der Waals surface area contributed by atoms with E-state index in [0.717, 1.165) is 5.56 Å². The molecule has 0 spiro atoms. The Balaban J connectivity index is 2.36. The molecule has 1 aliphatic heterocycles. The molecule has 2 atom stereocenters. The van der Waals surface area contributed by atoms with Gasteiger partial charge in [-0.15, -0.1) is 0 Å². The number of carbonyl (C=O) groups excluding carboxylic acids is 2. The molecule has 2 rings (SSSR count). The highest BCUT2D eigenvalue weighted by molar-refractivity contribution is 5.92. The highest BCUT2D eigenvalue weighted by Gasteiger charge is 2.47. The maximum Gasteiger partial charge on any atom is 0.412 e. The standard InChI is InChI=1S/C18H24N2O3/c1-12(14-10-8-7-9-11-14)15-19(6)16(21)13(2)20(15)17(22)23-18(3,4)5/h7-11,13,15H,1H2,2-6H3/t13-,15-/m0/s1. The van der Waals surface area contributed by atoms with Gasteiger partial charge < -0.3 is 9.64 Å². The highest BCUT2D eigenvalue weighted by atomic mass is 16.6. The third kappa shape index (κ3) is 3.38. The predicted octanol–water partition coefficient (Wildman–Crippen LogP) is 3.12. The van der Waals surface area contributed by atoms with E-state index in [1.54, 1.807) is 39.6 Å². The molecule has 1 heterocycles. The Morgan fingerprint density at radius 3 is 2.30 bits per heavy atom. The van der Waals surface area contributed by atoms with E-state index in [4.69, 9.17) is 4.74 Å². The molecule has 124 valence electrons. The Labute approximate surface area is 137 Å². The number of rotatable bonds is 2. The van der Waals surface area contributed by atoms with Gasteiger partial charge in [0.05, 0.1) is 0 Å². The highest BCUT2D eigenvalue weighted by Crippen LogP contribution is 2.31. The Hall–Kier alpha value is -2.30.